The second-order valence-electron chi connectivity index (χ2n) is 8.41. The number of rotatable bonds is 5. The first-order valence-corrected chi connectivity index (χ1v) is 12.6. The van der Waals surface area contributed by atoms with E-state index in [1.807, 2.05) is 35.9 Å². The number of hydrazone groups is 1. The van der Waals surface area contributed by atoms with Crippen LogP contribution in [-0.4, -0.2) is 31.3 Å². The zero-order valence-corrected chi connectivity index (χ0v) is 19.9. The van der Waals surface area contributed by atoms with E-state index in [9.17, 15) is 14.9 Å². The minimum atomic E-state index is -0.549. The van der Waals surface area contributed by atoms with Crippen molar-refractivity contribution in [3.63, 3.8) is 0 Å². The Balaban J connectivity index is 1.61. The average Bonchev–Trinajstić information content (AvgIpc) is 3.58. The molecule has 5 rings (SSSR count). The monoisotopic (exact) mass is 481 g/mol. The number of allylic oxidation sites excluding steroid dienone is 1. The zero-order chi connectivity index (χ0) is 23.1. The molecule has 0 bridgehead atoms. The Morgan fingerprint density at radius 3 is 2.76 bits per heavy atom. The molecular formula is C23H23N5O3S2. The highest BCUT2D eigenvalue weighted by atomic mass is 32.1. The normalized spacial score (nSPS) is 23.6. The predicted molar refractivity (Wildman–Crippen MR) is 129 cm³/mol. The third-order valence-corrected chi connectivity index (χ3v) is 7.90. The third-order valence-electron chi connectivity index (χ3n) is 6.13. The fourth-order valence-corrected chi connectivity index (χ4v) is 6.26. The van der Waals surface area contributed by atoms with Crippen molar-refractivity contribution < 1.29 is 9.72 Å². The van der Waals surface area contributed by atoms with Gasteiger partial charge in [0.25, 0.3) is 0 Å². The van der Waals surface area contributed by atoms with Crippen molar-refractivity contribution in [1.82, 2.24) is 14.8 Å². The summed E-state index contributed by atoms with van der Waals surface area (Å²) in [6, 6.07) is 7.76. The lowest BCUT2D eigenvalue weighted by atomic mass is 9.74. The first-order chi connectivity index (χ1) is 16.0. The molecule has 0 aromatic carbocycles. The number of hydrogen-bond acceptors (Lipinski definition) is 7. The summed E-state index contributed by atoms with van der Waals surface area (Å²) >= 11 is 3.24. The Hall–Kier alpha value is -3.11. The van der Waals surface area contributed by atoms with Crippen molar-refractivity contribution in [2.24, 2.45) is 16.9 Å². The Morgan fingerprint density at radius 2 is 2.09 bits per heavy atom. The molecule has 1 fully saturated rings. The quantitative estimate of drug-likeness (QED) is 0.349. The topological polar surface area (TPSA) is 93.6 Å². The molecule has 0 unspecified atom stereocenters. The van der Waals surface area contributed by atoms with Gasteiger partial charge in [-0.25, -0.2) is 5.01 Å². The number of aryl methyl sites for hydroxylation is 1. The fraction of sp³-hybridized carbons (Fsp3) is 0.348. The minimum Gasteiger partial charge on any atom is -0.265 e. The molecule has 1 aliphatic carbocycles. The number of thiophene rings is 2. The minimum absolute atomic E-state index is 0.0369. The number of aromatic nitrogens is 2. The summed E-state index contributed by atoms with van der Waals surface area (Å²) in [6.07, 6.45) is 5.27. The van der Waals surface area contributed by atoms with E-state index in [0.717, 1.165) is 33.9 Å². The summed E-state index contributed by atoms with van der Waals surface area (Å²) < 4.78 is 1.42. The first kappa shape index (κ1) is 21.7. The highest BCUT2D eigenvalue weighted by molar-refractivity contribution is 7.11. The van der Waals surface area contributed by atoms with E-state index in [0.29, 0.717) is 12.5 Å². The maximum Gasteiger partial charge on any atom is 0.320 e. The van der Waals surface area contributed by atoms with Crippen molar-refractivity contribution in [3.05, 3.63) is 72.4 Å². The number of fused-ring (bicyclic) bond motifs is 1. The third kappa shape index (κ3) is 3.93. The molecule has 3 aromatic rings. The molecule has 1 saturated carbocycles. The molecule has 0 spiro atoms. The van der Waals surface area contributed by atoms with Crippen molar-refractivity contribution in [2.45, 2.75) is 39.3 Å². The van der Waals surface area contributed by atoms with Gasteiger partial charge in [-0.1, -0.05) is 19.1 Å². The number of amides is 1. The van der Waals surface area contributed by atoms with Gasteiger partial charge in [-0.05, 0) is 60.2 Å². The molecule has 1 aliphatic heterocycles. The number of carbonyl (C=O) groups excluding carboxylic acids is 1. The summed E-state index contributed by atoms with van der Waals surface area (Å²) in [6.45, 7) is 4.49. The van der Waals surface area contributed by atoms with Crippen molar-refractivity contribution in [2.75, 3.05) is 0 Å². The second kappa shape index (κ2) is 8.68. The summed E-state index contributed by atoms with van der Waals surface area (Å²) in [7, 11) is 0. The number of hydrogen-bond donors (Lipinski definition) is 0. The molecule has 8 nitrogen and oxygen atoms in total. The molecule has 3 aromatic heterocycles. The molecular weight excluding hydrogens is 458 g/mol. The lowest BCUT2D eigenvalue weighted by Crippen LogP contribution is -2.33. The zero-order valence-electron chi connectivity index (χ0n) is 18.2. The van der Waals surface area contributed by atoms with Gasteiger partial charge in [-0.15, -0.1) is 22.7 Å². The molecule has 4 heterocycles. The second-order valence-corrected chi connectivity index (χ2v) is 10.4. The smallest absolute Gasteiger partial charge is 0.265 e. The van der Waals surface area contributed by atoms with Crippen molar-refractivity contribution in [1.29, 1.82) is 0 Å². The van der Waals surface area contributed by atoms with Crippen LogP contribution in [0.5, 0.6) is 0 Å². The first-order valence-electron chi connectivity index (χ1n) is 10.9. The van der Waals surface area contributed by atoms with E-state index in [4.69, 9.17) is 5.10 Å². The fourth-order valence-electron chi connectivity index (χ4n) is 4.71. The van der Waals surface area contributed by atoms with E-state index in [1.54, 1.807) is 22.7 Å². The molecule has 0 saturated heterocycles. The van der Waals surface area contributed by atoms with Gasteiger partial charge in [0.2, 0.25) is 5.69 Å². The van der Waals surface area contributed by atoms with Crippen LogP contribution in [0.15, 0.2) is 51.9 Å². The van der Waals surface area contributed by atoms with Gasteiger partial charge in [0.1, 0.15) is 6.20 Å². The van der Waals surface area contributed by atoms with E-state index < -0.39 is 10.8 Å². The molecule has 2 aliphatic rings. The Labute approximate surface area is 199 Å². The van der Waals surface area contributed by atoms with Gasteiger partial charge < -0.3 is 0 Å². The van der Waals surface area contributed by atoms with Crippen LogP contribution in [0.4, 0.5) is 5.69 Å². The highest BCUT2D eigenvalue weighted by Crippen LogP contribution is 2.47. The number of nitro groups is 1. The molecule has 10 heteroatoms. The summed E-state index contributed by atoms with van der Waals surface area (Å²) in [4.78, 5) is 26.9. The van der Waals surface area contributed by atoms with Crippen LogP contribution >= 0.6 is 22.7 Å². The van der Waals surface area contributed by atoms with Crippen LogP contribution in [0.2, 0.25) is 0 Å². The van der Waals surface area contributed by atoms with E-state index in [1.165, 1.54) is 15.9 Å². The molecule has 0 radical (unpaired) electrons. The lowest BCUT2D eigenvalue weighted by molar-refractivity contribution is -0.385. The van der Waals surface area contributed by atoms with Crippen LogP contribution in [0.25, 0.3) is 6.08 Å². The van der Waals surface area contributed by atoms with Crippen molar-refractivity contribution in [3.8, 4) is 0 Å². The van der Waals surface area contributed by atoms with Gasteiger partial charge in [-0.2, -0.15) is 10.2 Å². The molecule has 170 valence electrons. The Kier molecular flexibility index (Phi) is 5.71. The Bertz CT molecular complexity index is 1240. The number of carbonyl (C=O) groups is 1. The summed E-state index contributed by atoms with van der Waals surface area (Å²) in [5.41, 5.74) is 1.59. The number of nitrogens with zero attached hydrogens (tertiary/aromatic N) is 5. The van der Waals surface area contributed by atoms with Crippen LogP contribution in [0, 0.1) is 22.0 Å². The largest absolute Gasteiger partial charge is 0.320 e. The lowest BCUT2D eigenvalue weighted by Gasteiger charge is -2.31. The average molecular weight is 482 g/mol. The van der Waals surface area contributed by atoms with E-state index >= 15 is 0 Å². The van der Waals surface area contributed by atoms with Crippen LogP contribution < -0.4 is 0 Å². The van der Waals surface area contributed by atoms with Crippen LogP contribution in [0.3, 0.4) is 0 Å². The summed E-state index contributed by atoms with van der Waals surface area (Å²) in [5.74, 6) is -0.0569. The molecule has 33 heavy (non-hydrogen) atoms. The van der Waals surface area contributed by atoms with Gasteiger partial charge in [0, 0.05) is 22.2 Å². The van der Waals surface area contributed by atoms with Gasteiger partial charge in [0.05, 0.1) is 16.7 Å². The van der Waals surface area contributed by atoms with E-state index in [2.05, 4.69) is 24.2 Å². The van der Waals surface area contributed by atoms with Crippen LogP contribution in [-0.2, 0) is 6.54 Å². The molecule has 0 N–H and O–H groups in total. The van der Waals surface area contributed by atoms with Gasteiger partial charge in [0.15, 0.2) is 0 Å². The highest BCUT2D eigenvalue weighted by Gasteiger charge is 2.47. The van der Waals surface area contributed by atoms with Crippen molar-refractivity contribution >= 4 is 46.1 Å². The predicted octanol–water partition coefficient (Wildman–Crippen LogP) is 5.62. The Morgan fingerprint density at radius 1 is 1.30 bits per heavy atom. The molecule has 1 amide bonds. The SMILES string of the molecule is CCn1cc([N+](=O)[O-])c(C(=O)N2N=C3/C(=C/c4cccs4)C[C@H](C)C[C@@H]3[C@@H]2c2cccs2)n1. The van der Waals surface area contributed by atoms with Gasteiger partial charge in [-0.3, -0.25) is 19.6 Å². The standard InChI is InChI=1S/C23H23N5O3S2/c1-3-26-13-18(28(30)31)21(24-26)23(29)27-22(19-7-5-9-33-19)17-11-14(2)10-15(20(17)25-27)12-16-6-4-8-32-16/h4-9,12-14,17,22H,3,10-11H2,1-2H3/b15-12+/t14-,17-,22+/m0/s1. The maximum absolute atomic E-state index is 13.7. The molecule has 3 atom stereocenters. The van der Waals surface area contributed by atoms with Crippen LogP contribution in [0.1, 0.15) is 53.0 Å². The van der Waals surface area contributed by atoms with Gasteiger partial charge >= 0.3 is 11.6 Å². The summed E-state index contributed by atoms with van der Waals surface area (Å²) in [5, 5.41) is 26.2. The van der Waals surface area contributed by atoms with E-state index in [-0.39, 0.29) is 23.3 Å². The maximum atomic E-state index is 13.7.